The quantitative estimate of drug-likeness (QED) is 0.0815. The first-order valence-corrected chi connectivity index (χ1v) is 21.2. The molecule has 2 aromatic rings. The van der Waals surface area contributed by atoms with Gasteiger partial charge < -0.3 is 10.2 Å². The number of unbranched alkanes of at least 4 members (excludes halogenated alkanes) is 20. The lowest BCUT2D eigenvalue weighted by Crippen LogP contribution is -2.02. The van der Waals surface area contributed by atoms with Crippen LogP contribution < -0.4 is 0 Å². The molecule has 0 fully saturated rings. The van der Waals surface area contributed by atoms with Crippen LogP contribution in [0.15, 0.2) is 34.1 Å². The third-order valence-electron chi connectivity index (χ3n) is 10.0. The molecule has 2 rings (SSSR count). The molecule has 268 valence electrons. The molecule has 0 heterocycles. The zero-order valence-corrected chi connectivity index (χ0v) is 32.2. The van der Waals surface area contributed by atoms with Gasteiger partial charge in [-0.15, -0.1) is 0 Å². The number of phenols is 2. The maximum Gasteiger partial charge on any atom is 0.129 e. The van der Waals surface area contributed by atoms with E-state index < -0.39 is 0 Å². The highest BCUT2D eigenvalue weighted by atomic mass is 32.2. The molecule has 2 nitrogen and oxygen atoms in total. The first-order valence-electron chi connectivity index (χ1n) is 20.4. The van der Waals surface area contributed by atoms with Gasteiger partial charge in [0.25, 0.3) is 0 Å². The van der Waals surface area contributed by atoms with Gasteiger partial charge in [-0.2, -0.15) is 0 Å². The molecule has 2 N–H and O–H groups in total. The number of hydrogen-bond acceptors (Lipinski definition) is 3. The SMILES string of the molecule is CCCCCCCCc1ccc(O)c(Sc2c(O)ccc(CCCCCCCC)c2CCCCCCCC)c1CCCCCCCC. The fraction of sp³-hybridized carbons (Fsp3) is 0.727. The summed E-state index contributed by atoms with van der Waals surface area (Å²) in [6.07, 6.45) is 35.0. The van der Waals surface area contributed by atoms with E-state index in [9.17, 15) is 10.2 Å². The average Bonchev–Trinajstić information content (AvgIpc) is 3.07. The predicted molar refractivity (Wildman–Crippen MR) is 209 cm³/mol. The van der Waals surface area contributed by atoms with Gasteiger partial charge in [0.15, 0.2) is 0 Å². The molecule has 0 saturated heterocycles. The van der Waals surface area contributed by atoms with Gasteiger partial charge in [-0.1, -0.05) is 180 Å². The van der Waals surface area contributed by atoms with Crippen molar-refractivity contribution in [2.45, 2.75) is 217 Å². The van der Waals surface area contributed by atoms with E-state index in [0.717, 1.165) is 35.5 Å². The molecule has 3 heteroatoms. The summed E-state index contributed by atoms with van der Waals surface area (Å²) >= 11 is 1.67. The van der Waals surface area contributed by atoms with Crippen molar-refractivity contribution in [1.29, 1.82) is 0 Å². The van der Waals surface area contributed by atoms with E-state index >= 15 is 0 Å². The van der Waals surface area contributed by atoms with E-state index in [2.05, 4.69) is 39.8 Å². The first kappa shape index (κ1) is 41.6. The van der Waals surface area contributed by atoms with E-state index in [1.807, 2.05) is 12.1 Å². The number of aromatic hydroxyl groups is 2. The molecule has 0 aliphatic heterocycles. The molecule has 0 radical (unpaired) electrons. The molecule has 0 aliphatic rings. The number of phenolic OH excluding ortho intramolecular Hbond substituents is 2. The lowest BCUT2D eigenvalue weighted by Gasteiger charge is -2.20. The highest BCUT2D eigenvalue weighted by Crippen LogP contribution is 2.46. The second-order valence-electron chi connectivity index (χ2n) is 14.3. The standard InChI is InChI=1S/C44H74O2S/c1-5-9-13-17-21-25-29-37-33-35-41(45)43(39(37)31-27-23-19-15-11-7-3)47-44-40(32-28-24-20-16-12-8-4)38(34-36-42(44)46)30-26-22-18-14-10-6-2/h33-36,45-46H,5-32H2,1-4H3. The Morgan fingerprint density at radius 2 is 0.638 bits per heavy atom. The topological polar surface area (TPSA) is 40.5 Å². The Kier molecular flexibility index (Phi) is 24.1. The van der Waals surface area contributed by atoms with Crippen LogP contribution in [-0.4, -0.2) is 10.2 Å². The van der Waals surface area contributed by atoms with Crippen LogP contribution in [0.5, 0.6) is 11.5 Å². The average molecular weight is 667 g/mol. The molecule has 47 heavy (non-hydrogen) atoms. The second-order valence-corrected chi connectivity index (χ2v) is 15.3. The van der Waals surface area contributed by atoms with Crippen LogP contribution in [0.3, 0.4) is 0 Å². The van der Waals surface area contributed by atoms with Crippen LogP contribution in [0.2, 0.25) is 0 Å². The minimum Gasteiger partial charge on any atom is -0.507 e. The number of aryl methyl sites for hydroxylation is 2. The third kappa shape index (κ3) is 17.1. The summed E-state index contributed by atoms with van der Waals surface area (Å²) in [5, 5.41) is 22.8. The van der Waals surface area contributed by atoms with Crippen molar-refractivity contribution in [3.63, 3.8) is 0 Å². The van der Waals surface area contributed by atoms with Crippen LogP contribution in [0, 0.1) is 0 Å². The van der Waals surface area contributed by atoms with Crippen LogP contribution in [0.25, 0.3) is 0 Å². The summed E-state index contributed by atoms with van der Waals surface area (Å²) in [5.74, 6) is 0.767. The summed E-state index contributed by atoms with van der Waals surface area (Å²) in [6, 6.07) is 8.27. The van der Waals surface area contributed by atoms with Crippen LogP contribution in [0.1, 0.15) is 204 Å². The third-order valence-corrected chi connectivity index (χ3v) is 11.4. The Bertz CT molecular complexity index is 978. The molecule has 0 aliphatic carbocycles. The fourth-order valence-electron chi connectivity index (χ4n) is 7.01. The molecule has 0 atom stereocenters. The van der Waals surface area contributed by atoms with Crippen molar-refractivity contribution < 1.29 is 10.2 Å². The van der Waals surface area contributed by atoms with Crippen LogP contribution in [0.4, 0.5) is 0 Å². The Labute approximate surface area is 296 Å². The van der Waals surface area contributed by atoms with E-state index in [-0.39, 0.29) is 0 Å². The van der Waals surface area contributed by atoms with Gasteiger partial charge in [0.2, 0.25) is 0 Å². The van der Waals surface area contributed by atoms with E-state index in [1.54, 1.807) is 11.8 Å². The van der Waals surface area contributed by atoms with Gasteiger partial charge in [-0.3, -0.25) is 0 Å². The largest absolute Gasteiger partial charge is 0.507 e. The van der Waals surface area contributed by atoms with Gasteiger partial charge in [0, 0.05) is 0 Å². The summed E-state index contributed by atoms with van der Waals surface area (Å²) in [6.45, 7) is 9.13. The van der Waals surface area contributed by atoms with E-state index in [4.69, 9.17) is 0 Å². The molecule has 0 saturated carbocycles. The number of rotatable bonds is 30. The predicted octanol–water partition coefficient (Wildman–Crippen LogP) is 14.9. The van der Waals surface area contributed by atoms with Gasteiger partial charge in [0.1, 0.15) is 11.5 Å². The van der Waals surface area contributed by atoms with Crippen molar-refractivity contribution in [2.75, 3.05) is 0 Å². The Hall–Kier alpha value is -1.61. The summed E-state index contributed by atoms with van der Waals surface area (Å²) in [7, 11) is 0. The van der Waals surface area contributed by atoms with Crippen molar-refractivity contribution >= 4 is 11.8 Å². The second kappa shape index (κ2) is 27.2. The zero-order chi connectivity index (χ0) is 34.0. The fourth-order valence-corrected chi connectivity index (χ4v) is 8.28. The van der Waals surface area contributed by atoms with Gasteiger partial charge >= 0.3 is 0 Å². The van der Waals surface area contributed by atoms with Crippen molar-refractivity contribution in [3.8, 4) is 11.5 Å². The molecule has 0 unspecified atom stereocenters. The number of benzene rings is 2. The lowest BCUT2D eigenvalue weighted by atomic mass is 9.95. The van der Waals surface area contributed by atoms with Crippen LogP contribution >= 0.6 is 11.8 Å². The molecular weight excluding hydrogens is 593 g/mol. The smallest absolute Gasteiger partial charge is 0.129 e. The lowest BCUT2D eigenvalue weighted by molar-refractivity contribution is 0.456. The van der Waals surface area contributed by atoms with Gasteiger partial charge in [-0.05, 0) is 85.8 Å². The molecule has 2 aromatic carbocycles. The maximum atomic E-state index is 11.4. The zero-order valence-electron chi connectivity index (χ0n) is 31.4. The minimum absolute atomic E-state index is 0.383. The molecule has 0 spiro atoms. The normalized spacial score (nSPS) is 11.5. The Morgan fingerprint density at radius 1 is 0.362 bits per heavy atom. The minimum atomic E-state index is 0.383. The van der Waals surface area contributed by atoms with Crippen LogP contribution in [-0.2, 0) is 25.7 Å². The highest BCUT2D eigenvalue weighted by molar-refractivity contribution is 7.99. The van der Waals surface area contributed by atoms with Crippen molar-refractivity contribution in [2.24, 2.45) is 0 Å². The monoisotopic (exact) mass is 667 g/mol. The van der Waals surface area contributed by atoms with Gasteiger partial charge in [0.05, 0.1) is 9.79 Å². The first-order chi connectivity index (χ1) is 23.1. The molecule has 0 amide bonds. The van der Waals surface area contributed by atoms with Gasteiger partial charge in [-0.25, -0.2) is 0 Å². The van der Waals surface area contributed by atoms with Crippen molar-refractivity contribution in [3.05, 3.63) is 46.5 Å². The summed E-state index contributed by atoms with van der Waals surface area (Å²) in [4.78, 5) is 2.00. The molecule has 0 aromatic heterocycles. The Balaban J connectivity index is 2.35. The Morgan fingerprint density at radius 3 is 0.957 bits per heavy atom. The highest BCUT2D eigenvalue weighted by Gasteiger charge is 2.20. The molecule has 0 bridgehead atoms. The number of hydrogen-bond donors (Lipinski definition) is 2. The van der Waals surface area contributed by atoms with Crippen molar-refractivity contribution in [1.82, 2.24) is 0 Å². The summed E-state index contributed by atoms with van der Waals surface area (Å²) < 4.78 is 0. The summed E-state index contributed by atoms with van der Waals surface area (Å²) in [5.41, 5.74) is 5.50. The van der Waals surface area contributed by atoms with E-state index in [0.29, 0.717) is 11.5 Å². The van der Waals surface area contributed by atoms with E-state index in [1.165, 1.54) is 176 Å². The molecular formula is C44H74O2S. The maximum absolute atomic E-state index is 11.4.